The number of likely N-dealkylation sites (tertiary alicyclic amines) is 1. The van der Waals surface area contributed by atoms with Crippen molar-refractivity contribution in [1.82, 2.24) is 9.21 Å². The fourth-order valence-electron chi connectivity index (χ4n) is 5.40. The summed E-state index contributed by atoms with van der Waals surface area (Å²) in [5.41, 5.74) is 0.511. The lowest BCUT2D eigenvalue weighted by molar-refractivity contribution is 0.0390. The molecule has 3 aliphatic rings. The van der Waals surface area contributed by atoms with Crippen molar-refractivity contribution in [1.29, 1.82) is 0 Å². The molecule has 2 heterocycles. The van der Waals surface area contributed by atoms with Crippen molar-refractivity contribution in [3.8, 4) is 0 Å². The molecule has 0 radical (unpaired) electrons. The third kappa shape index (κ3) is 3.73. The van der Waals surface area contributed by atoms with Crippen molar-refractivity contribution < 1.29 is 13.2 Å². The van der Waals surface area contributed by atoms with Gasteiger partial charge in [-0.2, -0.15) is 4.31 Å². The van der Waals surface area contributed by atoms with E-state index in [9.17, 15) is 13.2 Å². The van der Waals surface area contributed by atoms with E-state index in [-0.39, 0.29) is 16.8 Å². The quantitative estimate of drug-likeness (QED) is 0.764. The highest BCUT2D eigenvalue weighted by molar-refractivity contribution is 7.89. The Morgan fingerprint density at radius 1 is 0.964 bits per heavy atom. The van der Waals surface area contributed by atoms with Crippen molar-refractivity contribution in [2.24, 2.45) is 5.92 Å². The maximum absolute atomic E-state index is 13.3. The van der Waals surface area contributed by atoms with Crippen molar-refractivity contribution in [2.75, 3.05) is 13.1 Å². The monoisotopic (exact) mass is 404 g/mol. The number of hydrogen-bond donors (Lipinski definition) is 0. The van der Waals surface area contributed by atoms with Crippen LogP contribution in [0.5, 0.6) is 0 Å². The third-order valence-corrected chi connectivity index (χ3v) is 8.94. The first-order chi connectivity index (χ1) is 13.5. The molecule has 0 bridgehead atoms. The second kappa shape index (κ2) is 8.15. The Kier molecular flexibility index (Phi) is 5.79. The minimum atomic E-state index is -3.56. The molecule has 3 atom stereocenters. The zero-order valence-electron chi connectivity index (χ0n) is 16.8. The number of piperidine rings is 2. The molecule has 6 heteroatoms. The van der Waals surface area contributed by atoms with E-state index in [4.69, 9.17) is 0 Å². The molecule has 0 spiro atoms. The summed E-state index contributed by atoms with van der Waals surface area (Å²) >= 11 is 0. The molecule has 3 unspecified atom stereocenters. The van der Waals surface area contributed by atoms with Gasteiger partial charge in [0.05, 0.1) is 4.90 Å². The first-order valence-corrected chi connectivity index (χ1v) is 12.4. The fraction of sp³-hybridized carbons (Fsp3) is 0.682. The highest BCUT2D eigenvalue weighted by Gasteiger charge is 2.37. The molecule has 1 aromatic rings. The number of carbonyl (C=O) groups excluding carboxylic acids is 1. The molecular weight excluding hydrogens is 372 g/mol. The van der Waals surface area contributed by atoms with E-state index in [1.807, 2.05) is 11.8 Å². The molecule has 1 saturated carbocycles. The van der Waals surface area contributed by atoms with Crippen molar-refractivity contribution in [3.63, 3.8) is 0 Å². The third-order valence-electron chi connectivity index (χ3n) is 6.93. The van der Waals surface area contributed by atoms with Crippen LogP contribution in [0.4, 0.5) is 0 Å². The topological polar surface area (TPSA) is 57.7 Å². The van der Waals surface area contributed by atoms with Crippen molar-refractivity contribution in [2.45, 2.75) is 81.7 Å². The Hall–Kier alpha value is -1.40. The number of carbonyl (C=O) groups is 1. The largest absolute Gasteiger partial charge is 0.335 e. The number of sulfonamides is 1. The van der Waals surface area contributed by atoms with Crippen molar-refractivity contribution in [3.05, 3.63) is 29.8 Å². The maximum Gasteiger partial charge on any atom is 0.254 e. The molecule has 2 aliphatic heterocycles. The highest BCUT2D eigenvalue weighted by Crippen LogP contribution is 2.36. The molecule has 3 fully saturated rings. The van der Waals surface area contributed by atoms with Gasteiger partial charge < -0.3 is 4.90 Å². The van der Waals surface area contributed by atoms with Gasteiger partial charge in [-0.15, -0.1) is 0 Å². The van der Waals surface area contributed by atoms with Crippen LogP contribution in [0.15, 0.2) is 29.2 Å². The van der Waals surface area contributed by atoms with Crippen LogP contribution in [0.2, 0.25) is 0 Å². The minimum Gasteiger partial charge on any atom is -0.335 e. The summed E-state index contributed by atoms with van der Waals surface area (Å²) in [6.07, 6.45) is 9.90. The summed E-state index contributed by atoms with van der Waals surface area (Å²) in [5.74, 6) is 0.618. The van der Waals surface area contributed by atoms with Crippen LogP contribution in [0, 0.1) is 5.92 Å². The number of nitrogens with zero attached hydrogens (tertiary/aromatic N) is 2. The lowest BCUT2D eigenvalue weighted by Crippen LogP contribution is -2.49. The number of fused-ring (bicyclic) bond motifs is 1. The molecule has 0 N–H and O–H groups in total. The summed E-state index contributed by atoms with van der Waals surface area (Å²) in [6.45, 7) is 3.33. The standard InChI is InChI=1S/C22H32N2O3S/c1-17-8-4-5-15-24(17)28(26,27)20-12-6-10-19(16-20)22(25)23-14-7-11-18-9-2-3-13-21(18)23/h6,10,12,16-18,21H,2-5,7-9,11,13-15H2,1H3. The van der Waals surface area contributed by atoms with Gasteiger partial charge >= 0.3 is 0 Å². The van der Waals surface area contributed by atoms with E-state index in [1.54, 1.807) is 28.6 Å². The molecule has 28 heavy (non-hydrogen) atoms. The van der Waals surface area contributed by atoms with Gasteiger partial charge in [0.25, 0.3) is 5.91 Å². The smallest absolute Gasteiger partial charge is 0.254 e. The Balaban J connectivity index is 1.58. The van der Waals surface area contributed by atoms with E-state index >= 15 is 0 Å². The van der Waals surface area contributed by atoms with Crippen LogP contribution < -0.4 is 0 Å². The Morgan fingerprint density at radius 2 is 1.71 bits per heavy atom. The Bertz CT molecular complexity index is 821. The van der Waals surface area contributed by atoms with E-state index in [1.165, 1.54) is 25.7 Å². The van der Waals surface area contributed by atoms with E-state index in [0.717, 1.165) is 38.6 Å². The van der Waals surface area contributed by atoms with Crippen LogP contribution in [0.25, 0.3) is 0 Å². The molecular formula is C22H32N2O3S. The van der Waals surface area contributed by atoms with E-state index < -0.39 is 10.0 Å². The normalized spacial score (nSPS) is 29.3. The number of benzene rings is 1. The van der Waals surface area contributed by atoms with E-state index in [2.05, 4.69) is 0 Å². The second-order valence-electron chi connectivity index (χ2n) is 8.74. The van der Waals surface area contributed by atoms with E-state index in [0.29, 0.717) is 24.1 Å². The first-order valence-electron chi connectivity index (χ1n) is 10.9. The summed E-state index contributed by atoms with van der Waals surface area (Å²) in [7, 11) is -3.56. The average molecular weight is 405 g/mol. The predicted molar refractivity (Wildman–Crippen MR) is 110 cm³/mol. The van der Waals surface area contributed by atoms with Gasteiger partial charge in [0.15, 0.2) is 0 Å². The number of hydrogen-bond acceptors (Lipinski definition) is 3. The molecule has 0 aromatic heterocycles. The second-order valence-corrected chi connectivity index (χ2v) is 10.6. The first kappa shape index (κ1) is 19.9. The molecule has 154 valence electrons. The van der Waals surface area contributed by atoms with Gasteiger partial charge in [-0.25, -0.2) is 8.42 Å². The van der Waals surface area contributed by atoms with Gasteiger partial charge in [0.2, 0.25) is 10.0 Å². The molecule has 1 amide bonds. The van der Waals surface area contributed by atoms with Gasteiger partial charge in [-0.3, -0.25) is 4.79 Å². The van der Waals surface area contributed by atoms with Gasteiger partial charge in [-0.1, -0.05) is 25.3 Å². The Labute approximate surface area is 169 Å². The molecule has 1 aliphatic carbocycles. The van der Waals surface area contributed by atoms with Crippen LogP contribution >= 0.6 is 0 Å². The zero-order chi connectivity index (χ0) is 19.7. The van der Waals surface area contributed by atoms with Crippen LogP contribution in [0.3, 0.4) is 0 Å². The summed E-state index contributed by atoms with van der Waals surface area (Å²) in [4.78, 5) is 15.6. The number of amides is 1. The summed E-state index contributed by atoms with van der Waals surface area (Å²) in [5, 5.41) is 0. The van der Waals surface area contributed by atoms with Crippen molar-refractivity contribution >= 4 is 15.9 Å². The van der Waals surface area contributed by atoms with Gasteiger partial charge in [-0.05, 0) is 69.6 Å². The SMILES string of the molecule is CC1CCCCN1S(=O)(=O)c1cccc(C(=O)N2CCCC3CCCCC32)c1. The van der Waals surface area contributed by atoms with Crippen LogP contribution in [-0.4, -0.2) is 48.7 Å². The van der Waals surface area contributed by atoms with Gasteiger partial charge in [0.1, 0.15) is 0 Å². The van der Waals surface area contributed by atoms with Gasteiger partial charge in [0, 0.05) is 30.7 Å². The molecule has 5 nitrogen and oxygen atoms in total. The van der Waals surface area contributed by atoms with Crippen LogP contribution in [-0.2, 0) is 10.0 Å². The Morgan fingerprint density at radius 3 is 2.54 bits per heavy atom. The fourth-order valence-corrected chi connectivity index (χ4v) is 7.14. The summed E-state index contributed by atoms with van der Waals surface area (Å²) in [6, 6.07) is 7.07. The molecule has 2 saturated heterocycles. The minimum absolute atomic E-state index is 0.000317. The highest BCUT2D eigenvalue weighted by atomic mass is 32.2. The average Bonchev–Trinajstić information content (AvgIpc) is 2.73. The lowest BCUT2D eigenvalue weighted by atomic mass is 9.78. The maximum atomic E-state index is 13.3. The summed E-state index contributed by atoms with van der Waals surface area (Å²) < 4.78 is 28.0. The zero-order valence-corrected chi connectivity index (χ0v) is 17.7. The number of rotatable bonds is 3. The predicted octanol–water partition coefficient (Wildman–Crippen LogP) is 4.04. The molecule has 1 aromatic carbocycles. The lowest BCUT2D eigenvalue weighted by Gasteiger charge is -2.44. The molecule has 4 rings (SSSR count). The van der Waals surface area contributed by atoms with Crippen LogP contribution in [0.1, 0.15) is 75.1 Å².